The summed E-state index contributed by atoms with van der Waals surface area (Å²) in [4.78, 5) is 44.0. The third kappa shape index (κ3) is 4.82. The summed E-state index contributed by atoms with van der Waals surface area (Å²) in [6, 6.07) is 15.9. The summed E-state index contributed by atoms with van der Waals surface area (Å²) < 4.78 is 14.9. The van der Waals surface area contributed by atoms with Gasteiger partial charge in [0.05, 0.1) is 25.2 Å². The molecule has 0 spiro atoms. The Kier molecular flexibility index (Phi) is 7.38. The summed E-state index contributed by atoms with van der Waals surface area (Å²) >= 11 is 0. The number of aromatic nitrogens is 4. The van der Waals surface area contributed by atoms with Crippen LogP contribution in [0.5, 0.6) is 5.75 Å². The molecule has 0 radical (unpaired) electrons. The van der Waals surface area contributed by atoms with E-state index in [2.05, 4.69) is 18.8 Å². The van der Waals surface area contributed by atoms with Gasteiger partial charge in [-0.2, -0.15) is 0 Å². The third-order valence-corrected chi connectivity index (χ3v) is 6.05. The Morgan fingerprint density at radius 1 is 1.00 bits per heavy atom. The molecule has 188 valence electrons. The Labute approximate surface area is 208 Å². The molecule has 0 amide bonds. The Bertz CT molecular complexity index is 1470. The van der Waals surface area contributed by atoms with Crippen molar-refractivity contribution >= 4 is 17.1 Å². The largest absolute Gasteiger partial charge is 0.492 e. The van der Waals surface area contributed by atoms with E-state index in [-0.39, 0.29) is 30.9 Å². The quantitative estimate of drug-likeness (QED) is 0.332. The predicted octanol–water partition coefficient (Wildman–Crippen LogP) is 3.68. The molecule has 2 aromatic heterocycles. The summed E-state index contributed by atoms with van der Waals surface area (Å²) in [6.07, 6.45) is 1.40. The van der Waals surface area contributed by atoms with Gasteiger partial charge in [-0.15, -0.1) is 0 Å². The lowest BCUT2D eigenvalue weighted by molar-refractivity contribution is -0.146. The first-order chi connectivity index (χ1) is 17.3. The standard InChI is InChI=1S/C27H30N4O5/c1-5-35-26(33)19(4)30-17-28-24-23(30)25(32)29(15-16-36-22-9-7-6-8-10-22)27(34)31(24)21-13-11-20(12-14-21)18(2)3/h6-14,17-19H,5,15-16H2,1-4H3. The molecular formula is C27H30N4O5. The van der Waals surface area contributed by atoms with Crippen molar-refractivity contribution in [3.8, 4) is 11.4 Å². The molecule has 0 fully saturated rings. The summed E-state index contributed by atoms with van der Waals surface area (Å²) in [6.45, 7) is 7.87. The van der Waals surface area contributed by atoms with Gasteiger partial charge in [-0.05, 0) is 49.6 Å². The lowest BCUT2D eigenvalue weighted by Gasteiger charge is -2.16. The molecule has 2 heterocycles. The van der Waals surface area contributed by atoms with Crippen molar-refractivity contribution in [2.45, 2.75) is 46.2 Å². The van der Waals surface area contributed by atoms with Crippen LogP contribution in [0.1, 0.15) is 45.2 Å². The number of benzene rings is 2. The highest BCUT2D eigenvalue weighted by molar-refractivity contribution is 5.79. The molecule has 4 rings (SSSR count). The van der Waals surface area contributed by atoms with Crippen molar-refractivity contribution < 1.29 is 14.3 Å². The van der Waals surface area contributed by atoms with Gasteiger partial charge in [0, 0.05) is 0 Å². The minimum absolute atomic E-state index is 0.0194. The number of esters is 1. The van der Waals surface area contributed by atoms with E-state index in [4.69, 9.17) is 9.47 Å². The van der Waals surface area contributed by atoms with Gasteiger partial charge < -0.3 is 14.0 Å². The molecule has 0 aliphatic carbocycles. The number of fused-ring (bicyclic) bond motifs is 1. The minimum atomic E-state index is -0.800. The van der Waals surface area contributed by atoms with Gasteiger partial charge in [0.1, 0.15) is 18.4 Å². The van der Waals surface area contributed by atoms with Crippen LogP contribution in [0.3, 0.4) is 0 Å². The van der Waals surface area contributed by atoms with E-state index in [9.17, 15) is 14.4 Å². The van der Waals surface area contributed by atoms with Crippen LogP contribution in [0.25, 0.3) is 16.9 Å². The van der Waals surface area contributed by atoms with Crippen molar-refractivity contribution in [2.75, 3.05) is 13.2 Å². The molecule has 0 saturated heterocycles. The van der Waals surface area contributed by atoms with Crippen LogP contribution in [0.15, 0.2) is 70.5 Å². The van der Waals surface area contributed by atoms with Crippen molar-refractivity contribution in [1.82, 2.24) is 18.7 Å². The number of carbonyl (C=O) groups excluding carboxylic acids is 1. The highest BCUT2D eigenvalue weighted by Crippen LogP contribution is 2.20. The lowest BCUT2D eigenvalue weighted by Crippen LogP contribution is -2.41. The van der Waals surface area contributed by atoms with Crippen molar-refractivity contribution in [3.63, 3.8) is 0 Å². The number of ether oxygens (including phenoxy) is 2. The molecule has 1 unspecified atom stereocenters. The second-order valence-electron chi connectivity index (χ2n) is 8.73. The SMILES string of the molecule is CCOC(=O)C(C)n1cnc2c1c(=O)n(CCOc1ccccc1)c(=O)n2-c1ccc(C(C)C)cc1. The van der Waals surface area contributed by atoms with Gasteiger partial charge >= 0.3 is 11.7 Å². The van der Waals surface area contributed by atoms with Gasteiger partial charge in [-0.1, -0.05) is 44.2 Å². The van der Waals surface area contributed by atoms with Crippen LogP contribution in [0.4, 0.5) is 0 Å². The summed E-state index contributed by atoms with van der Waals surface area (Å²) in [5.41, 5.74) is 0.933. The van der Waals surface area contributed by atoms with Gasteiger partial charge in [0.25, 0.3) is 5.56 Å². The highest BCUT2D eigenvalue weighted by atomic mass is 16.5. The molecule has 0 aliphatic heterocycles. The summed E-state index contributed by atoms with van der Waals surface area (Å²) in [7, 11) is 0. The zero-order valence-corrected chi connectivity index (χ0v) is 20.9. The van der Waals surface area contributed by atoms with Gasteiger partial charge in [-0.25, -0.2) is 19.1 Å². The van der Waals surface area contributed by atoms with E-state index in [1.165, 1.54) is 15.5 Å². The first-order valence-electron chi connectivity index (χ1n) is 12.0. The van der Waals surface area contributed by atoms with Crippen molar-refractivity contribution in [2.24, 2.45) is 0 Å². The second-order valence-corrected chi connectivity index (χ2v) is 8.73. The second kappa shape index (κ2) is 10.6. The Hall–Kier alpha value is -4.14. The lowest BCUT2D eigenvalue weighted by atomic mass is 10.0. The number of carbonyl (C=O) groups is 1. The molecule has 0 N–H and O–H groups in total. The maximum Gasteiger partial charge on any atom is 0.337 e. The summed E-state index contributed by atoms with van der Waals surface area (Å²) in [5.74, 6) is 0.468. The minimum Gasteiger partial charge on any atom is -0.492 e. The number of para-hydroxylation sites is 1. The smallest absolute Gasteiger partial charge is 0.337 e. The number of nitrogens with zero attached hydrogens (tertiary/aromatic N) is 4. The number of hydrogen-bond donors (Lipinski definition) is 0. The summed E-state index contributed by atoms with van der Waals surface area (Å²) in [5, 5.41) is 0. The van der Waals surface area contributed by atoms with Crippen LogP contribution < -0.4 is 16.0 Å². The predicted molar refractivity (Wildman–Crippen MR) is 137 cm³/mol. The fraction of sp³-hybridized carbons (Fsp3) is 0.333. The van der Waals surface area contributed by atoms with Crippen LogP contribution >= 0.6 is 0 Å². The van der Waals surface area contributed by atoms with E-state index < -0.39 is 23.3 Å². The molecular weight excluding hydrogens is 460 g/mol. The average Bonchev–Trinajstić information content (AvgIpc) is 3.31. The molecule has 9 nitrogen and oxygen atoms in total. The molecule has 9 heteroatoms. The van der Waals surface area contributed by atoms with Crippen LogP contribution in [0.2, 0.25) is 0 Å². The number of hydrogen-bond acceptors (Lipinski definition) is 6. The van der Waals surface area contributed by atoms with Gasteiger partial charge in [-0.3, -0.25) is 9.36 Å². The van der Waals surface area contributed by atoms with E-state index in [0.29, 0.717) is 17.4 Å². The van der Waals surface area contributed by atoms with Crippen molar-refractivity contribution in [3.05, 3.63) is 87.3 Å². The maximum atomic E-state index is 13.6. The number of rotatable bonds is 9. The molecule has 0 aliphatic rings. The average molecular weight is 491 g/mol. The molecule has 36 heavy (non-hydrogen) atoms. The normalized spacial score (nSPS) is 12.1. The Balaban J connectivity index is 1.85. The van der Waals surface area contributed by atoms with Crippen LogP contribution in [-0.4, -0.2) is 37.9 Å². The first kappa shape index (κ1) is 25.0. The fourth-order valence-corrected chi connectivity index (χ4v) is 4.03. The third-order valence-electron chi connectivity index (χ3n) is 6.05. The molecule has 1 atom stereocenters. The topological polar surface area (TPSA) is 97.4 Å². The van der Waals surface area contributed by atoms with E-state index in [0.717, 1.165) is 10.1 Å². The highest BCUT2D eigenvalue weighted by Gasteiger charge is 2.24. The molecule has 4 aromatic rings. The van der Waals surface area contributed by atoms with Crippen molar-refractivity contribution in [1.29, 1.82) is 0 Å². The monoisotopic (exact) mass is 490 g/mol. The zero-order chi connectivity index (χ0) is 25.8. The molecule has 0 saturated carbocycles. The van der Waals surface area contributed by atoms with E-state index >= 15 is 0 Å². The van der Waals surface area contributed by atoms with E-state index in [1.54, 1.807) is 26.0 Å². The van der Waals surface area contributed by atoms with Gasteiger partial charge in [0.2, 0.25) is 0 Å². The Morgan fingerprint density at radius 3 is 2.33 bits per heavy atom. The first-order valence-corrected chi connectivity index (χ1v) is 12.0. The fourth-order valence-electron chi connectivity index (χ4n) is 4.03. The maximum absolute atomic E-state index is 13.6. The number of imidazole rings is 1. The van der Waals surface area contributed by atoms with Crippen LogP contribution in [-0.2, 0) is 16.1 Å². The van der Waals surface area contributed by atoms with Crippen LogP contribution in [0, 0.1) is 0 Å². The van der Waals surface area contributed by atoms with Gasteiger partial charge in [0.15, 0.2) is 11.2 Å². The molecule has 2 aromatic carbocycles. The Morgan fingerprint density at radius 2 is 1.69 bits per heavy atom. The molecule has 0 bridgehead atoms. The zero-order valence-electron chi connectivity index (χ0n) is 20.9. The van der Waals surface area contributed by atoms with E-state index in [1.807, 2.05) is 42.5 Å².